The molecule has 0 spiro atoms. The molecule has 7 heteroatoms. The van der Waals surface area contributed by atoms with Gasteiger partial charge in [0.15, 0.2) is 11.5 Å². The molecule has 0 aliphatic heterocycles. The van der Waals surface area contributed by atoms with Crippen LogP contribution < -0.4 is 9.47 Å². The molecule has 6 nitrogen and oxygen atoms in total. The van der Waals surface area contributed by atoms with Crippen LogP contribution in [0.1, 0.15) is 21.5 Å². The second-order valence-corrected chi connectivity index (χ2v) is 7.84. The van der Waals surface area contributed by atoms with Gasteiger partial charge in [0.25, 0.3) is 0 Å². The number of nitrogens with zero attached hydrogens (tertiary/aromatic N) is 2. The van der Waals surface area contributed by atoms with Crippen LogP contribution in [0, 0.1) is 26.2 Å². The van der Waals surface area contributed by atoms with E-state index in [1.165, 1.54) is 14.2 Å². The molecule has 0 saturated heterocycles. The van der Waals surface area contributed by atoms with E-state index in [1.807, 2.05) is 54.6 Å². The highest BCUT2D eigenvalue weighted by Gasteiger charge is 2.20. The van der Waals surface area contributed by atoms with Crippen LogP contribution in [0.2, 0.25) is 0 Å². The number of hydrogen-bond donors (Lipinski definition) is 0. The van der Waals surface area contributed by atoms with Crippen molar-refractivity contribution in [2.75, 3.05) is 21.3 Å². The highest BCUT2D eigenvalue weighted by atomic mass is 127. The van der Waals surface area contributed by atoms with E-state index in [2.05, 4.69) is 28.7 Å². The molecule has 0 amide bonds. The zero-order valence-electron chi connectivity index (χ0n) is 18.2. The Balaban J connectivity index is 0.000000189. The fourth-order valence-corrected chi connectivity index (χ4v) is 4.50. The van der Waals surface area contributed by atoms with Crippen molar-refractivity contribution in [3.63, 3.8) is 0 Å². The number of halogens is 1. The molecule has 0 atom stereocenters. The van der Waals surface area contributed by atoms with Crippen molar-refractivity contribution < 1.29 is 19.0 Å². The third kappa shape index (κ3) is 4.69. The van der Waals surface area contributed by atoms with Gasteiger partial charge in [-0.1, -0.05) is 48.5 Å². The standard InChI is InChI=1S/C14H11NO3.C12H8INO/c1-17-13-10(8-15)7-9-5-3-4-6-11(9)12(13)14(16)18-2;1-15-12-9(7-14)6-8-4-2-3-5-10(8)11(12)13/h3-7H,1-2H3;2-6H,1H3. The fraction of sp³-hybridized carbons (Fsp3) is 0.115. The van der Waals surface area contributed by atoms with Crippen molar-refractivity contribution in [3.8, 4) is 23.6 Å². The molecular formula is C26H19IN2O4. The predicted molar refractivity (Wildman–Crippen MR) is 134 cm³/mol. The van der Waals surface area contributed by atoms with Gasteiger partial charge in [-0.15, -0.1) is 0 Å². The molecule has 0 heterocycles. The zero-order chi connectivity index (χ0) is 24.0. The molecule has 0 aromatic heterocycles. The quantitative estimate of drug-likeness (QED) is 0.236. The molecule has 0 radical (unpaired) electrons. The van der Waals surface area contributed by atoms with E-state index in [0.717, 1.165) is 19.7 Å². The Kier molecular flexibility index (Phi) is 7.70. The number of hydrogen-bond acceptors (Lipinski definition) is 6. The first-order valence-corrected chi connectivity index (χ1v) is 10.8. The molecule has 0 fully saturated rings. The molecule has 4 aromatic carbocycles. The number of fused-ring (bicyclic) bond motifs is 2. The maximum Gasteiger partial charge on any atom is 0.342 e. The number of rotatable bonds is 3. The number of esters is 1. The van der Waals surface area contributed by atoms with Gasteiger partial charge in [0.2, 0.25) is 0 Å². The topological polar surface area (TPSA) is 92.3 Å². The summed E-state index contributed by atoms with van der Waals surface area (Å²) in [4.78, 5) is 11.9. The monoisotopic (exact) mass is 550 g/mol. The molecule has 0 bridgehead atoms. The molecule has 164 valence electrons. The first-order chi connectivity index (χ1) is 16.0. The van der Waals surface area contributed by atoms with Crippen LogP contribution >= 0.6 is 22.6 Å². The Morgan fingerprint density at radius 2 is 1.27 bits per heavy atom. The molecule has 0 aliphatic rings. The fourth-order valence-electron chi connectivity index (χ4n) is 3.50. The lowest BCUT2D eigenvalue weighted by Crippen LogP contribution is -2.06. The highest BCUT2D eigenvalue weighted by Crippen LogP contribution is 2.33. The van der Waals surface area contributed by atoms with Gasteiger partial charge in [-0.2, -0.15) is 10.5 Å². The van der Waals surface area contributed by atoms with Crippen LogP contribution in [0.25, 0.3) is 21.5 Å². The van der Waals surface area contributed by atoms with E-state index in [0.29, 0.717) is 22.3 Å². The maximum atomic E-state index is 11.9. The minimum Gasteiger partial charge on any atom is -0.494 e. The first-order valence-electron chi connectivity index (χ1n) is 9.74. The summed E-state index contributed by atoms with van der Waals surface area (Å²) >= 11 is 2.21. The minimum absolute atomic E-state index is 0.253. The Morgan fingerprint density at radius 1 is 0.788 bits per heavy atom. The van der Waals surface area contributed by atoms with Crippen molar-refractivity contribution in [3.05, 3.63) is 80.9 Å². The van der Waals surface area contributed by atoms with Gasteiger partial charge in [-0.3, -0.25) is 0 Å². The summed E-state index contributed by atoms with van der Waals surface area (Å²) in [5, 5.41) is 21.8. The average molecular weight is 550 g/mol. The van der Waals surface area contributed by atoms with Gasteiger partial charge in [-0.05, 0) is 50.9 Å². The van der Waals surface area contributed by atoms with E-state index in [1.54, 1.807) is 19.2 Å². The van der Waals surface area contributed by atoms with E-state index in [9.17, 15) is 4.79 Å². The normalized spacial score (nSPS) is 9.88. The van der Waals surface area contributed by atoms with Crippen molar-refractivity contribution >= 4 is 50.1 Å². The lowest BCUT2D eigenvalue weighted by Gasteiger charge is -2.11. The number of ether oxygens (including phenoxy) is 3. The lowest BCUT2D eigenvalue weighted by molar-refractivity contribution is 0.0599. The zero-order valence-corrected chi connectivity index (χ0v) is 20.3. The Hall–Kier alpha value is -3.82. The van der Waals surface area contributed by atoms with Crippen molar-refractivity contribution in [1.29, 1.82) is 10.5 Å². The van der Waals surface area contributed by atoms with E-state index in [4.69, 9.17) is 24.7 Å². The lowest BCUT2D eigenvalue weighted by atomic mass is 9.99. The minimum atomic E-state index is -0.514. The van der Waals surface area contributed by atoms with E-state index < -0.39 is 5.97 Å². The Labute approximate surface area is 205 Å². The summed E-state index contributed by atoms with van der Waals surface area (Å²) in [6.45, 7) is 0. The number of benzene rings is 4. The predicted octanol–water partition coefficient (Wildman–Crippen LogP) is 5.83. The van der Waals surface area contributed by atoms with Crippen LogP contribution in [0.15, 0.2) is 60.7 Å². The van der Waals surface area contributed by atoms with Crippen LogP contribution in [0.4, 0.5) is 0 Å². The summed E-state index contributed by atoms with van der Waals surface area (Å²) in [5.41, 5.74) is 1.19. The van der Waals surface area contributed by atoms with E-state index >= 15 is 0 Å². The second-order valence-electron chi connectivity index (χ2n) is 6.76. The van der Waals surface area contributed by atoms with Gasteiger partial charge in [0.05, 0.1) is 36.0 Å². The molecule has 0 saturated carbocycles. The van der Waals surface area contributed by atoms with Crippen molar-refractivity contribution in [2.45, 2.75) is 0 Å². The molecule has 4 aromatic rings. The molecule has 0 N–H and O–H groups in total. The van der Waals surface area contributed by atoms with Gasteiger partial charge < -0.3 is 14.2 Å². The Bertz CT molecular complexity index is 1430. The number of nitriles is 2. The average Bonchev–Trinajstić information content (AvgIpc) is 2.87. The van der Waals surface area contributed by atoms with Gasteiger partial charge in [0, 0.05) is 5.39 Å². The van der Waals surface area contributed by atoms with Crippen LogP contribution in [-0.4, -0.2) is 27.3 Å². The Morgan fingerprint density at radius 3 is 1.79 bits per heavy atom. The molecule has 33 heavy (non-hydrogen) atoms. The molecule has 0 aliphatic carbocycles. The van der Waals surface area contributed by atoms with Crippen molar-refractivity contribution in [1.82, 2.24) is 0 Å². The second kappa shape index (κ2) is 10.7. The largest absolute Gasteiger partial charge is 0.494 e. The van der Waals surface area contributed by atoms with Crippen LogP contribution in [0.5, 0.6) is 11.5 Å². The summed E-state index contributed by atoms with van der Waals surface area (Å²) in [7, 11) is 4.32. The number of carbonyl (C=O) groups is 1. The first kappa shape index (κ1) is 23.8. The van der Waals surface area contributed by atoms with Gasteiger partial charge >= 0.3 is 5.97 Å². The smallest absolute Gasteiger partial charge is 0.342 e. The van der Waals surface area contributed by atoms with Crippen molar-refractivity contribution in [2.24, 2.45) is 0 Å². The summed E-state index contributed by atoms with van der Waals surface area (Å²) in [6, 6.07) is 23.0. The molecule has 4 rings (SSSR count). The van der Waals surface area contributed by atoms with Crippen LogP contribution in [0.3, 0.4) is 0 Å². The number of methoxy groups -OCH3 is 3. The SMILES string of the molecule is COC(=O)c1c(OC)c(C#N)cc2ccccc12.COc1c(C#N)cc2ccccc2c1I. The highest BCUT2D eigenvalue weighted by molar-refractivity contribution is 14.1. The third-order valence-corrected chi connectivity index (χ3v) is 6.05. The van der Waals surface area contributed by atoms with Gasteiger partial charge in [0.1, 0.15) is 17.7 Å². The summed E-state index contributed by atoms with van der Waals surface area (Å²) in [6.07, 6.45) is 0. The van der Waals surface area contributed by atoms with Gasteiger partial charge in [-0.25, -0.2) is 4.79 Å². The third-order valence-electron chi connectivity index (χ3n) is 4.98. The summed E-state index contributed by atoms with van der Waals surface area (Å²) in [5.74, 6) is 0.403. The maximum absolute atomic E-state index is 11.9. The molecular weight excluding hydrogens is 531 g/mol. The van der Waals surface area contributed by atoms with E-state index in [-0.39, 0.29) is 11.3 Å². The summed E-state index contributed by atoms with van der Waals surface area (Å²) < 4.78 is 16.2. The van der Waals surface area contributed by atoms with Crippen LogP contribution in [-0.2, 0) is 4.74 Å². The number of carbonyl (C=O) groups excluding carboxylic acids is 1. The molecule has 0 unspecified atom stereocenters.